The maximum atomic E-state index is 4.81. The molecule has 0 spiro atoms. The fourth-order valence-electron chi connectivity index (χ4n) is 1.03. The van der Waals surface area contributed by atoms with Crippen molar-refractivity contribution in [1.29, 1.82) is 0 Å². The number of rotatable bonds is 6. The minimum absolute atomic E-state index is 0.578. The topological polar surface area (TPSA) is 9.23 Å². The van der Waals surface area contributed by atoms with Gasteiger partial charge in [0.25, 0.3) is 0 Å². The van der Waals surface area contributed by atoms with E-state index < -0.39 is 0 Å². The third kappa shape index (κ3) is 9.52. The minimum Gasteiger partial charge on any atom is -0.372 e. The lowest BCUT2D eigenvalue weighted by molar-refractivity contribution is 0.239. The van der Waals surface area contributed by atoms with E-state index >= 15 is 0 Å². The van der Waals surface area contributed by atoms with Gasteiger partial charge in [-0.05, 0) is 6.42 Å². The number of hydrogen-bond donors (Lipinski definition) is 0. The Hall–Kier alpha value is -0.480. The summed E-state index contributed by atoms with van der Waals surface area (Å²) in [6, 6.07) is 0. The average Bonchev–Trinajstić information content (AvgIpc) is 2.10. The van der Waals surface area contributed by atoms with E-state index in [2.05, 4.69) is 18.8 Å². The molecular formula is C11H20O. The second kappa shape index (κ2) is 10.5. The van der Waals surface area contributed by atoms with E-state index in [1.165, 1.54) is 32.1 Å². The predicted octanol–water partition coefficient (Wildman–Crippen LogP) is 3.00. The van der Waals surface area contributed by atoms with Gasteiger partial charge in [-0.25, -0.2) is 0 Å². The summed E-state index contributed by atoms with van der Waals surface area (Å²) in [4.78, 5) is 0. The van der Waals surface area contributed by atoms with Gasteiger partial charge in [-0.1, -0.05) is 38.5 Å². The standard InChI is InChI=1S/C11H20O/c1-3-4-5-6-7-8-9-10-11-12-2/h3-8,11H2,1-2H3. The van der Waals surface area contributed by atoms with Gasteiger partial charge in [-0.15, -0.1) is 5.92 Å². The molecule has 0 saturated heterocycles. The van der Waals surface area contributed by atoms with Crippen LogP contribution in [0.2, 0.25) is 0 Å². The quantitative estimate of drug-likeness (QED) is 0.437. The molecular weight excluding hydrogens is 148 g/mol. The fraction of sp³-hybridized carbons (Fsp3) is 0.818. The first kappa shape index (κ1) is 11.5. The summed E-state index contributed by atoms with van der Waals surface area (Å²) in [6.45, 7) is 2.81. The zero-order valence-electron chi connectivity index (χ0n) is 8.36. The molecule has 0 fully saturated rings. The van der Waals surface area contributed by atoms with Crippen LogP contribution < -0.4 is 0 Å². The Kier molecular flexibility index (Phi) is 10.1. The number of unbranched alkanes of at least 4 members (excludes halogenated alkanes) is 5. The van der Waals surface area contributed by atoms with Crippen molar-refractivity contribution in [3.05, 3.63) is 0 Å². The molecule has 0 radical (unpaired) electrons. The first-order chi connectivity index (χ1) is 5.91. The van der Waals surface area contributed by atoms with Gasteiger partial charge in [-0.3, -0.25) is 0 Å². The Balaban J connectivity index is 2.96. The van der Waals surface area contributed by atoms with Gasteiger partial charge in [0.15, 0.2) is 0 Å². The normalized spacial score (nSPS) is 9.17. The van der Waals surface area contributed by atoms with Crippen LogP contribution in [0.5, 0.6) is 0 Å². The summed E-state index contributed by atoms with van der Waals surface area (Å²) in [5, 5.41) is 0. The third-order valence-electron chi connectivity index (χ3n) is 1.75. The molecule has 0 aliphatic carbocycles. The van der Waals surface area contributed by atoms with Crippen LogP contribution in [0, 0.1) is 11.8 Å². The lowest BCUT2D eigenvalue weighted by Gasteiger charge is -1.94. The molecule has 0 saturated carbocycles. The molecule has 1 nitrogen and oxygen atoms in total. The lowest BCUT2D eigenvalue weighted by atomic mass is 10.1. The molecule has 0 amide bonds. The summed E-state index contributed by atoms with van der Waals surface area (Å²) < 4.78 is 4.81. The van der Waals surface area contributed by atoms with Gasteiger partial charge in [0.1, 0.15) is 6.61 Å². The van der Waals surface area contributed by atoms with Crippen LogP contribution in [-0.4, -0.2) is 13.7 Å². The molecule has 0 rings (SSSR count). The zero-order chi connectivity index (χ0) is 9.07. The third-order valence-corrected chi connectivity index (χ3v) is 1.75. The van der Waals surface area contributed by atoms with Gasteiger partial charge in [0.05, 0.1) is 0 Å². The Morgan fingerprint density at radius 3 is 2.42 bits per heavy atom. The molecule has 0 aromatic rings. The van der Waals surface area contributed by atoms with E-state index in [0.717, 1.165) is 6.42 Å². The highest BCUT2D eigenvalue weighted by atomic mass is 16.5. The summed E-state index contributed by atoms with van der Waals surface area (Å²) in [7, 11) is 1.68. The maximum Gasteiger partial charge on any atom is 0.107 e. The van der Waals surface area contributed by atoms with Gasteiger partial charge in [0.2, 0.25) is 0 Å². The van der Waals surface area contributed by atoms with Gasteiger partial charge in [-0.2, -0.15) is 0 Å². The molecule has 0 aromatic heterocycles. The van der Waals surface area contributed by atoms with E-state index in [1.807, 2.05) is 0 Å². The fourth-order valence-corrected chi connectivity index (χ4v) is 1.03. The van der Waals surface area contributed by atoms with Gasteiger partial charge >= 0.3 is 0 Å². The Morgan fingerprint density at radius 1 is 1.00 bits per heavy atom. The SMILES string of the molecule is CCCCCCCC#CCOC. The monoisotopic (exact) mass is 168 g/mol. The summed E-state index contributed by atoms with van der Waals surface area (Å²) >= 11 is 0. The average molecular weight is 168 g/mol. The summed E-state index contributed by atoms with van der Waals surface area (Å²) in [5.74, 6) is 6.04. The van der Waals surface area contributed by atoms with Crippen LogP contribution in [0.4, 0.5) is 0 Å². The van der Waals surface area contributed by atoms with Crippen molar-refractivity contribution >= 4 is 0 Å². The van der Waals surface area contributed by atoms with Crippen LogP contribution in [0.3, 0.4) is 0 Å². The molecule has 0 aromatic carbocycles. The lowest BCUT2D eigenvalue weighted by Crippen LogP contribution is -1.81. The van der Waals surface area contributed by atoms with Crippen LogP contribution in [-0.2, 0) is 4.74 Å². The Labute approximate surface area is 76.5 Å². The van der Waals surface area contributed by atoms with Crippen molar-refractivity contribution in [2.45, 2.75) is 45.4 Å². The molecule has 12 heavy (non-hydrogen) atoms. The minimum atomic E-state index is 0.578. The van der Waals surface area contributed by atoms with Crippen molar-refractivity contribution in [2.24, 2.45) is 0 Å². The molecule has 1 heteroatoms. The smallest absolute Gasteiger partial charge is 0.107 e. The summed E-state index contributed by atoms with van der Waals surface area (Å²) in [5.41, 5.74) is 0. The Morgan fingerprint density at radius 2 is 1.75 bits per heavy atom. The van der Waals surface area contributed by atoms with Crippen LogP contribution in [0.1, 0.15) is 45.4 Å². The maximum absolute atomic E-state index is 4.81. The second-order valence-electron chi connectivity index (χ2n) is 2.95. The molecule has 0 unspecified atom stereocenters. The molecule has 0 atom stereocenters. The number of ether oxygens (including phenoxy) is 1. The first-order valence-corrected chi connectivity index (χ1v) is 4.86. The molecule has 0 aliphatic heterocycles. The largest absolute Gasteiger partial charge is 0.372 e. The van der Waals surface area contributed by atoms with E-state index in [1.54, 1.807) is 7.11 Å². The van der Waals surface area contributed by atoms with Crippen molar-refractivity contribution in [1.82, 2.24) is 0 Å². The van der Waals surface area contributed by atoms with Crippen molar-refractivity contribution < 1.29 is 4.74 Å². The number of methoxy groups -OCH3 is 1. The van der Waals surface area contributed by atoms with Crippen molar-refractivity contribution in [3.8, 4) is 11.8 Å². The molecule has 0 N–H and O–H groups in total. The van der Waals surface area contributed by atoms with E-state index in [0.29, 0.717) is 6.61 Å². The van der Waals surface area contributed by atoms with Crippen LogP contribution in [0.15, 0.2) is 0 Å². The highest BCUT2D eigenvalue weighted by molar-refractivity contribution is 4.98. The van der Waals surface area contributed by atoms with Crippen LogP contribution in [0.25, 0.3) is 0 Å². The number of hydrogen-bond acceptors (Lipinski definition) is 1. The van der Waals surface area contributed by atoms with Gasteiger partial charge < -0.3 is 4.74 Å². The Bertz CT molecular complexity index is 130. The molecule has 0 heterocycles. The van der Waals surface area contributed by atoms with E-state index in [-0.39, 0.29) is 0 Å². The predicted molar refractivity (Wildman–Crippen MR) is 53.0 cm³/mol. The molecule has 0 bridgehead atoms. The highest BCUT2D eigenvalue weighted by Crippen LogP contribution is 2.03. The van der Waals surface area contributed by atoms with E-state index in [9.17, 15) is 0 Å². The summed E-state index contributed by atoms with van der Waals surface area (Å²) in [6.07, 6.45) is 7.66. The highest BCUT2D eigenvalue weighted by Gasteiger charge is 1.85. The van der Waals surface area contributed by atoms with Gasteiger partial charge in [0, 0.05) is 13.5 Å². The van der Waals surface area contributed by atoms with Crippen molar-refractivity contribution in [3.63, 3.8) is 0 Å². The second-order valence-corrected chi connectivity index (χ2v) is 2.95. The van der Waals surface area contributed by atoms with Crippen LogP contribution >= 0.6 is 0 Å². The first-order valence-electron chi connectivity index (χ1n) is 4.86. The zero-order valence-corrected chi connectivity index (χ0v) is 8.36. The molecule has 70 valence electrons. The molecule has 0 aliphatic rings. The van der Waals surface area contributed by atoms with Crippen molar-refractivity contribution in [2.75, 3.05) is 13.7 Å². The van der Waals surface area contributed by atoms with E-state index in [4.69, 9.17) is 4.74 Å².